The Morgan fingerprint density at radius 3 is 2.72 bits per heavy atom. The number of pyridine rings is 1. The number of anilines is 3. The smallest absolute Gasteiger partial charge is 0.275 e. The number of rotatable bonds is 5. The van der Waals surface area contributed by atoms with Gasteiger partial charge in [0, 0.05) is 18.0 Å². The maximum Gasteiger partial charge on any atom is 0.275 e. The Morgan fingerprint density at radius 2 is 2.00 bits per heavy atom. The third-order valence-corrected chi connectivity index (χ3v) is 3.50. The molecule has 0 aliphatic carbocycles. The summed E-state index contributed by atoms with van der Waals surface area (Å²) in [5.74, 6) is 1.31. The molecule has 128 valence electrons. The maximum absolute atomic E-state index is 12.3. The van der Waals surface area contributed by atoms with Crippen molar-refractivity contribution in [3.8, 4) is 5.75 Å². The lowest BCUT2D eigenvalue weighted by atomic mass is 10.2. The molecule has 0 fully saturated rings. The van der Waals surface area contributed by atoms with Gasteiger partial charge < -0.3 is 19.9 Å². The fraction of sp³-hybridized carbons (Fsp3) is 0.167. The molecule has 0 aliphatic heterocycles. The van der Waals surface area contributed by atoms with E-state index in [1.54, 1.807) is 38.4 Å². The number of methoxy groups -OCH3 is 1. The molecule has 0 spiro atoms. The first-order valence-electron chi connectivity index (χ1n) is 7.67. The van der Waals surface area contributed by atoms with Crippen molar-refractivity contribution in [3.05, 3.63) is 59.6 Å². The molecule has 7 nitrogen and oxygen atoms in total. The van der Waals surface area contributed by atoms with Crippen LogP contribution < -0.4 is 15.4 Å². The van der Waals surface area contributed by atoms with Crippen LogP contribution in [0.25, 0.3) is 0 Å². The summed E-state index contributed by atoms with van der Waals surface area (Å²) >= 11 is 0. The zero-order chi connectivity index (χ0) is 17.8. The molecule has 3 rings (SSSR count). The van der Waals surface area contributed by atoms with Crippen molar-refractivity contribution in [1.82, 2.24) is 10.1 Å². The number of carbonyl (C=O) groups excluding carboxylic acids is 1. The van der Waals surface area contributed by atoms with E-state index in [2.05, 4.69) is 20.8 Å². The molecule has 3 aromatic rings. The molecule has 2 aromatic heterocycles. The number of aromatic nitrogens is 2. The Morgan fingerprint density at radius 1 is 1.16 bits per heavy atom. The van der Waals surface area contributed by atoms with Crippen molar-refractivity contribution in [2.45, 2.75) is 13.8 Å². The number of aryl methyl sites for hydroxylation is 2. The molecule has 1 amide bonds. The fourth-order valence-electron chi connectivity index (χ4n) is 2.31. The minimum atomic E-state index is -0.367. The van der Waals surface area contributed by atoms with Crippen LogP contribution >= 0.6 is 0 Å². The van der Waals surface area contributed by atoms with Gasteiger partial charge in [-0.1, -0.05) is 11.2 Å². The number of hydrogen-bond donors (Lipinski definition) is 2. The van der Waals surface area contributed by atoms with Crippen LogP contribution in [0.2, 0.25) is 0 Å². The Bertz CT molecular complexity index is 905. The predicted octanol–water partition coefficient (Wildman–Crippen LogP) is 3.69. The summed E-state index contributed by atoms with van der Waals surface area (Å²) in [5, 5.41) is 9.63. The van der Waals surface area contributed by atoms with E-state index >= 15 is 0 Å². The lowest BCUT2D eigenvalue weighted by Gasteiger charge is -2.12. The highest BCUT2D eigenvalue weighted by atomic mass is 16.5. The molecule has 0 radical (unpaired) electrons. The first kappa shape index (κ1) is 16.5. The van der Waals surface area contributed by atoms with Gasteiger partial charge in [0.25, 0.3) is 5.91 Å². The van der Waals surface area contributed by atoms with Gasteiger partial charge in [0.1, 0.15) is 17.2 Å². The van der Waals surface area contributed by atoms with Gasteiger partial charge in [-0.05, 0) is 43.7 Å². The number of benzene rings is 1. The van der Waals surface area contributed by atoms with Crippen LogP contribution in [0.4, 0.5) is 17.2 Å². The average molecular weight is 338 g/mol. The molecule has 0 saturated heterocycles. The van der Waals surface area contributed by atoms with Crippen LogP contribution in [-0.4, -0.2) is 23.2 Å². The van der Waals surface area contributed by atoms with Gasteiger partial charge in [-0.15, -0.1) is 0 Å². The van der Waals surface area contributed by atoms with E-state index in [1.807, 2.05) is 25.1 Å². The van der Waals surface area contributed by atoms with Gasteiger partial charge in [0.15, 0.2) is 5.82 Å². The summed E-state index contributed by atoms with van der Waals surface area (Å²) in [6, 6.07) is 10.9. The average Bonchev–Trinajstić information content (AvgIpc) is 3.00. The van der Waals surface area contributed by atoms with E-state index in [4.69, 9.17) is 9.26 Å². The molecule has 0 bridgehead atoms. The van der Waals surface area contributed by atoms with Crippen molar-refractivity contribution >= 4 is 23.1 Å². The zero-order valence-electron chi connectivity index (χ0n) is 14.2. The van der Waals surface area contributed by atoms with E-state index in [0.717, 1.165) is 16.9 Å². The molecule has 2 heterocycles. The Kier molecular flexibility index (Phi) is 4.65. The number of nitrogens with one attached hydrogen (secondary N) is 2. The SMILES string of the molecule is COc1ccc(C)cc1Nc1ccnc(C(=O)Nc2cc(C)on2)c1. The number of carbonyl (C=O) groups is 1. The Balaban J connectivity index is 1.79. The van der Waals surface area contributed by atoms with E-state index in [9.17, 15) is 4.79 Å². The highest BCUT2D eigenvalue weighted by Crippen LogP contribution is 2.28. The quantitative estimate of drug-likeness (QED) is 0.737. The maximum atomic E-state index is 12.3. The van der Waals surface area contributed by atoms with Gasteiger partial charge in [-0.3, -0.25) is 9.78 Å². The minimum absolute atomic E-state index is 0.261. The molecule has 0 unspecified atom stereocenters. The molecular formula is C18H18N4O3. The summed E-state index contributed by atoms with van der Waals surface area (Å²) in [5.41, 5.74) is 2.89. The Labute approximate surface area is 145 Å². The van der Waals surface area contributed by atoms with Crippen LogP contribution in [0.1, 0.15) is 21.8 Å². The molecule has 25 heavy (non-hydrogen) atoms. The van der Waals surface area contributed by atoms with Gasteiger partial charge >= 0.3 is 0 Å². The van der Waals surface area contributed by atoms with Crippen molar-refractivity contribution in [1.29, 1.82) is 0 Å². The van der Waals surface area contributed by atoms with Crippen LogP contribution in [0, 0.1) is 13.8 Å². The molecule has 2 N–H and O–H groups in total. The van der Waals surface area contributed by atoms with Gasteiger partial charge in [-0.25, -0.2) is 0 Å². The van der Waals surface area contributed by atoms with Crippen molar-refractivity contribution < 1.29 is 14.1 Å². The molecule has 0 aliphatic rings. The van der Waals surface area contributed by atoms with E-state index in [-0.39, 0.29) is 11.6 Å². The molecule has 1 aromatic carbocycles. The molecule has 0 saturated carbocycles. The number of amides is 1. The third-order valence-electron chi connectivity index (χ3n) is 3.50. The number of nitrogens with zero attached hydrogens (tertiary/aromatic N) is 2. The fourth-order valence-corrected chi connectivity index (χ4v) is 2.31. The standard InChI is InChI=1S/C18H18N4O3/c1-11-4-5-16(24-3)14(8-11)20-13-6-7-19-15(10-13)18(23)21-17-9-12(2)25-22-17/h4-10H,1-3H3,(H,19,20)(H,21,22,23). The summed E-state index contributed by atoms with van der Waals surface area (Å²) < 4.78 is 10.3. The second-order valence-corrected chi connectivity index (χ2v) is 5.54. The summed E-state index contributed by atoms with van der Waals surface area (Å²) in [7, 11) is 1.61. The topological polar surface area (TPSA) is 89.3 Å². The minimum Gasteiger partial charge on any atom is -0.495 e. The normalized spacial score (nSPS) is 10.4. The zero-order valence-corrected chi connectivity index (χ0v) is 14.2. The lowest BCUT2D eigenvalue weighted by molar-refractivity contribution is 0.102. The molecular weight excluding hydrogens is 320 g/mol. The van der Waals surface area contributed by atoms with Crippen LogP contribution in [0.5, 0.6) is 5.75 Å². The Hall–Kier alpha value is -3.35. The monoisotopic (exact) mass is 338 g/mol. The van der Waals surface area contributed by atoms with Crippen LogP contribution in [-0.2, 0) is 0 Å². The third kappa shape index (κ3) is 3.95. The molecule has 0 atom stereocenters. The number of hydrogen-bond acceptors (Lipinski definition) is 6. The van der Waals surface area contributed by atoms with Crippen molar-refractivity contribution in [2.75, 3.05) is 17.7 Å². The van der Waals surface area contributed by atoms with Crippen LogP contribution in [0.15, 0.2) is 47.1 Å². The second kappa shape index (κ2) is 7.04. The summed E-state index contributed by atoms with van der Waals surface area (Å²) in [6.07, 6.45) is 1.56. The molecule has 7 heteroatoms. The van der Waals surface area contributed by atoms with Crippen LogP contribution in [0.3, 0.4) is 0 Å². The lowest BCUT2D eigenvalue weighted by Crippen LogP contribution is -2.14. The van der Waals surface area contributed by atoms with E-state index in [1.165, 1.54) is 0 Å². The van der Waals surface area contributed by atoms with E-state index in [0.29, 0.717) is 17.3 Å². The first-order valence-corrected chi connectivity index (χ1v) is 7.67. The highest BCUT2D eigenvalue weighted by molar-refractivity contribution is 6.02. The highest BCUT2D eigenvalue weighted by Gasteiger charge is 2.12. The second-order valence-electron chi connectivity index (χ2n) is 5.54. The van der Waals surface area contributed by atoms with Gasteiger partial charge in [-0.2, -0.15) is 0 Å². The summed E-state index contributed by atoms with van der Waals surface area (Å²) in [6.45, 7) is 3.75. The van der Waals surface area contributed by atoms with Gasteiger partial charge in [0.2, 0.25) is 0 Å². The van der Waals surface area contributed by atoms with E-state index < -0.39 is 0 Å². The van der Waals surface area contributed by atoms with Crippen molar-refractivity contribution in [2.24, 2.45) is 0 Å². The predicted molar refractivity (Wildman–Crippen MR) is 94.4 cm³/mol. The largest absolute Gasteiger partial charge is 0.495 e. The summed E-state index contributed by atoms with van der Waals surface area (Å²) in [4.78, 5) is 16.4. The first-order chi connectivity index (χ1) is 12.0. The van der Waals surface area contributed by atoms with Gasteiger partial charge in [0.05, 0.1) is 12.8 Å². The van der Waals surface area contributed by atoms with Crippen molar-refractivity contribution in [3.63, 3.8) is 0 Å². The number of ether oxygens (including phenoxy) is 1.